The van der Waals surface area contributed by atoms with Gasteiger partial charge in [-0.15, -0.1) is 0 Å². The zero-order valence-electron chi connectivity index (χ0n) is 10.4. The maximum atomic E-state index is 12.0. The highest BCUT2D eigenvalue weighted by Gasteiger charge is 2.22. The first-order valence-electron chi connectivity index (χ1n) is 5.95. The Morgan fingerprint density at radius 1 is 1.39 bits per heavy atom. The number of hydrogen-bond donors (Lipinski definition) is 2. The zero-order chi connectivity index (χ0) is 13.0. The first-order valence-corrected chi connectivity index (χ1v) is 7.39. The van der Waals surface area contributed by atoms with E-state index in [1.807, 2.05) is 19.1 Å². The summed E-state index contributed by atoms with van der Waals surface area (Å²) in [5.74, 6) is 0. The fraction of sp³-hybridized carbons (Fsp3) is 0.545. The van der Waals surface area contributed by atoms with E-state index in [1.54, 1.807) is 6.20 Å². The third kappa shape index (κ3) is 3.49. The quantitative estimate of drug-likeness (QED) is 0.783. The lowest BCUT2D eigenvalue weighted by molar-refractivity contribution is 0.354. The molecule has 6 nitrogen and oxygen atoms in total. The Labute approximate surface area is 108 Å². The minimum Gasteiger partial charge on any atom is -0.314 e. The lowest BCUT2D eigenvalue weighted by Crippen LogP contribution is -2.50. The van der Waals surface area contributed by atoms with Crippen molar-refractivity contribution in [3.63, 3.8) is 0 Å². The number of aryl methyl sites for hydroxylation is 1. The molecule has 0 spiro atoms. The Hall–Kier alpha value is -1.02. The molecule has 7 heteroatoms. The number of pyridine rings is 1. The van der Waals surface area contributed by atoms with Crippen LogP contribution in [-0.4, -0.2) is 43.9 Å². The van der Waals surface area contributed by atoms with E-state index in [9.17, 15) is 8.42 Å². The van der Waals surface area contributed by atoms with E-state index in [0.29, 0.717) is 26.2 Å². The van der Waals surface area contributed by atoms with Crippen LogP contribution in [0, 0.1) is 6.92 Å². The highest BCUT2D eigenvalue weighted by molar-refractivity contribution is 7.87. The van der Waals surface area contributed by atoms with Crippen LogP contribution in [0.15, 0.2) is 18.3 Å². The van der Waals surface area contributed by atoms with Crippen LogP contribution >= 0.6 is 0 Å². The van der Waals surface area contributed by atoms with E-state index in [2.05, 4.69) is 15.0 Å². The molecule has 0 unspecified atom stereocenters. The fourth-order valence-corrected chi connectivity index (χ4v) is 2.95. The molecule has 0 bridgehead atoms. The van der Waals surface area contributed by atoms with Crippen LogP contribution in [0.25, 0.3) is 0 Å². The molecule has 2 heterocycles. The van der Waals surface area contributed by atoms with Crippen LogP contribution in [-0.2, 0) is 16.8 Å². The molecule has 1 fully saturated rings. The summed E-state index contributed by atoms with van der Waals surface area (Å²) in [4.78, 5) is 4.13. The van der Waals surface area contributed by atoms with Crippen LogP contribution in [0.4, 0.5) is 0 Å². The summed E-state index contributed by atoms with van der Waals surface area (Å²) in [5, 5.41) is 3.12. The molecule has 1 aromatic heterocycles. The molecular formula is C11H18N4O2S. The van der Waals surface area contributed by atoms with Crippen molar-refractivity contribution in [3.05, 3.63) is 29.6 Å². The van der Waals surface area contributed by atoms with Gasteiger partial charge in [0.05, 0.1) is 0 Å². The van der Waals surface area contributed by atoms with Gasteiger partial charge in [-0.1, -0.05) is 6.07 Å². The maximum absolute atomic E-state index is 12.0. The van der Waals surface area contributed by atoms with E-state index in [0.717, 1.165) is 11.3 Å². The topological polar surface area (TPSA) is 74.3 Å². The lowest BCUT2D eigenvalue weighted by Gasteiger charge is -2.26. The Morgan fingerprint density at radius 2 is 2.11 bits per heavy atom. The van der Waals surface area contributed by atoms with Gasteiger partial charge in [-0.2, -0.15) is 17.4 Å². The normalized spacial score (nSPS) is 17.8. The second kappa shape index (κ2) is 5.75. The number of nitrogens with one attached hydrogen (secondary N) is 2. The van der Waals surface area contributed by atoms with Crippen molar-refractivity contribution in [2.24, 2.45) is 0 Å². The Bertz CT molecular complexity index is 480. The third-order valence-electron chi connectivity index (χ3n) is 2.85. The highest BCUT2D eigenvalue weighted by Crippen LogP contribution is 2.03. The van der Waals surface area contributed by atoms with Gasteiger partial charge in [0.15, 0.2) is 0 Å². The molecule has 0 saturated carbocycles. The number of rotatable bonds is 4. The molecule has 1 aliphatic rings. The third-order valence-corrected chi connectivity index (χ3v) is 4.40. The number of aromatic nitrogens is 1. The lowest BCUT2D eigenvalue weighted by atomic mass is 10.2. The van der Waals surface area contributed by atoms with Crippen molar-refractivity contribution in [1.82, 2.24) is 19.3 Å². The van der Waals surface area contributed by atoms with E-state index in [-0.39, 0.29) is 6.54 Å². The van der Waals surface area contributed by atoms with Crippen LogP contribution in [0.2, 0.25) is 0 Å². The molecule has 0 amide bonds. The summed E-state index contributed by atoms with van der Waals surface area (Å²) in [5.41, 5.74) is 1.78. The maximum Gasteiger partial charge on any atom is 0.279 e. The molecule has 2 N–H and O–H groups in total. The van der Waals surface area contributed by atoms with Crippen LogP contribution in [0.1, 0.15) is 11.3 Å². The van der Waals surface area contributed by atoms with Crippen LogP contribution in [0.5, 0.6) is 0 Å². The molecule has 18 heavy (non-hydrogen) atoms. The minimum absolute atomic E-state index is 0.277. The van der Waals surface area contributed by atoms with E-state index in [1.165, 1.54) is 4.31 Å². The SMILES string of the molecule is Cc1ccc(CNS(=O)(=O)N2CCNCC2)cn1. The number of piperazine rings is 1. The smallest absolute Gasteiger partial charge is 0.279 e. The molecular weight excluding hydrogens is 252 g/mol. The number of hydrogen-bond acceptors (Lipinski definition) is 4. The van der Waals surface area contributed by atoms with E-state index >= 15 is 0 Å². The molecule has 1 aliphatic heterocycles. The van der Waals surface area contributed by atoms with Gasteiger partial charge in [0.1, 0.15) is 0 Å². The highest BCUT2D eigenvalue weighted by atomic mass is 32.2. The molecule has 0 aliphatic carbocycles. The van der Waals surface area contributed by atoms with Crippen molar-refractivity contribution in [2.75, 3.05) is 26.2 Å². The fourth-order valence-electron chi connectivity index (χ4n) is 1.75. The molecule has 0 aromatic carbocycles. The average Bonchev–Trinajstić information content (AvgIpc) is 2.39. The van der Waals surface area contributed by atoms with Gasteiger partial charge in [0.25, 0.3) is 10.2 Å². The summed E-state index contributed by atoms with van der Waals surface area (Å²) >= 11 is 0. The Morgan fingerprint density at radius 3 is 2.72 bits per heavy atom. The minimum atomic E-state index is -3.38. The van der Waals surface area contributed by atoms with Crippen LogP contribution in [0.3, 0.4) is 0 Å². The largest absolute Gasteiger partial charge is 0.314 e. The van der Waals surface area contributed by atoms with Gasteiger partial charge in [0.2, 0.25) is 0 Å². The van der Waals surface area contributed by atoms with E-state index < -0.39 is 10.2 Å². The first kappa shape index (κ1) is 13.4. The predicted octanol–water partition coefficient (Wildman–Crippen LogP) is -0.370. The second-order valence-corrected chi connectivity index (χ2v) is 6.04. The monoisotopic (exact) mass is 270 g/mol. The molecule has 1 saturated heterocycles. The Kier molecular flexibility index (Phi) is 4.28. The van der Waals surface area contributed by atoms with E-state index in [4.69, 9.17) is 0 Å². The second-order valence-electron chi connectivity index (χ2n) is 4.28. The molecule has 2 rings (SSSR count). The van der Waals surface area contributed by atoms with Crippen molar-refractivity contribution in [2.45, 2.75) is 13.5 Å². The van der Waals surface area contributed by atoms with Gasteiger partial charge >= 0.3 is 0 Å². The summed E-state index contributed by atoms with van der Waals surface area (Å²) in [6.45, 7) is 4.61. The van der Waals surface area contributed by atoms with Gasteiger partial charge in [0, 0.05) is 44.6 Å². The van der Waals surface area contributed by atoms with Crippen molar-refractivity contribution < 1.29 is 8.42 Å². The molecule has 0 radical (unpaired) electrons. The standard InChI is InChI=1S/C11H18N4O2S/c1-10-2-3-11(8-13-10)9-14-18(16,17)15-6-4-12-5-7-15/h2-3,8,12,14H,4-7,9H2,1H3. The Balaban J connectivity index is 1.94. The van der Waals surface area contributed by atoms with Gasteiger partial charge in [-0.3, -0.25) is 4.98 Å². The summed E-state index contributed by atoms with van der Waals surface area (Å²) < 4.78 is 28.0. The molecule has 100 valence electrons. The van der Waals surface area contributed by atoms with Crippen molar-refractivity contribution in [3.8, 4) is 0 Å². The van der Waals surface area contributed by atoms with Crippen LogP contribution < -0.4 is 10.0 Å². The average molecular weight is 270 g/mol. The summed E-state index contributed by atoms with van der Waals surface area (Å²) in [6, 6.07) is 3.75. The van der Waals surface area contributed by atoms with Gasteiger partial charge < -0.3 is 5.32 Å². The first-order chi connectivity index (χ1) is 8.58. The summed E-state index contributed by atoms with van der Waals surface area (Å²) in [6.07, 6.45) is 1.69. The summed E-state index contributed by atoms with van der Waals surface area (Å²) in [7, 11) is -3.38. The van der Waals surface area contributed by atoms with Crippen molar-refractivity contribution in [1.29, 1.82) is 0 Å². The van der Waals surface area contributed by atoms with Gasteiger partial charge in [-0.25, -0.2) is 0 Å². The zero-order valence-corrected chi connectivity index (χ0v) is 11.2. The predicted molar refractivity (Wildman–Crippen MR) is 69.2 cm³/mol. The molecule has 0 atom stereocenters. The van der Waals surface area contributed by atoms with Crippen molar-refractivity contribution >= 4 is 10.2 Å². The number of nitrogens with zero attached hydrogens (tertiary/aromatic N) is 2. The molecule has 1 aromatic rings. The van der Waals surface area contributed by atoms with Gasteiger partial charge in [-0.05, 0) is 18.6 Å².